The summed E-state index contributed by atoms with van der Waals surface area (Å²) >= 11 is 0. The maximum absolute atomic E-state index is 12.0. The Morgan fingerprint density at radius 2 is 1.85 bits per heavy atom. The largest absolute Gasteiger partial charge is 0.338 e. The van der Waals surface area contributed by atoms with E-state index in [1.807, 2.05) is 6.92 Å². The molecule has 1 aromatic heterocycles. The third kappa shape index (κ3) is 3.00. The fourth-order valence-electron chi connectivity index (χ4n) is 2.19. The van der Waals surface area contributed by atoms with Crippen LogP contribution in [0.25, 0.3) is 0 Å². The lowest BCUT2D eigenvalue weighted by molar-refractivity contribution is 0.122. The van der Waals surface area contributed by atoms with Gasteiger partial charge < -0.3 is 4.52 Å². The molecular formula is C11H21N5O3S. The monoisotopic (exact) mass is 303 g/mol. The third-order valence-electron chi connectivity index (χ3n) is 3.51. The van der Waals surface area contributed by atoms with Crippen molar-refractivity contribution in [2.45, 2.75) is 19.9 Å². The van der Waals surface area contributed by atoms with Gasteiger partial charge in [0.2, 0.25) is 5.89 Å². The van der Waals surface area contributed by atoms with Crippen molar-refractivity contribution in [3.63, 3.8) is 0 Å². The van der Waals surface area contributed by atoms with Gasteiger partial charge in [0.25, 0.3) is 10.2 Å². The molecule has 0 N–H and O–H groups in total. The molecule has 1 atom stereocenters. The highest BCUT2D eigenvalue weighted by Crippen LogP contribution is 2.21. The number of hydrogen-bond donors (Lipinski definition) is 0. The summed E-state index contributed by atoms with van der Waals surface area (Å²) in [6.07, 6.45) is 0. The standard InChI is InChI=1S/C11H21N5O3S/c1-9(11-12-10(2)13-19-11)15-5-7-16(8-6-15)20(17,18)14(3)4/h9H,5-8H2,1-4H3/t9-/m1/s1. The van der Waals surface area contributed by atoms with Crippen molar-refractivity contribution in [2.24, 2.45) is 0 Å². The van der Waals surface area contributed by atoms with Crippen molar-refractivity contribution in [1.82, 2.24) is 23.7 Å². The van der Waals surface area contributed by atoms with Crippen molar-refractivity contribution >= 4 is 10.2 Å². The summed E-state index contributed by atoms with van der Waals surface area (Å²) in [7, 11) is -0.227. The molecule has 0 amide bonds. The Labute approximate surface area is 119 Å². The molecule has 20 heavy (non-hydrogen) atoms. The van der Waals surface area contributed by atoms with E-state index in [0.717, 1.165) is 0 Å². The van der Waals surface area contributed by atoms with Crippen LogP contribution >= 0.6 is 0 Å². The van der Waals surface area contributed by atoms with E-state index in [1.165, 1.54) is 8.61 Å². The van der Waals surface area contributed by atoms with E-state index in [1.54, 1.807) is 21.0 Å². The minimum atomic E-state index is -3.32. The predicted octanol–water partition coefficient (Wildman–Crippen LogP) is -0.137. The highest BCUT2D eigenvalue weighted by molar-refractivity contribution is 7.86. The fraction of sp³-hybridized carbons (Fsp3) is 0.818. The van der Waals surface area contributed by atoms with Gasteiger partial charge in [-0.15, -0.1) is 0 Å². The molecule has 0 radical (unpaired) electrons. The Bertz CT molecular complexity index is 548. The first-order valence-electron chi connectivity index (χ1n) is 6.54. The quantitative estimate of drug-likeness (QED) is 0.770. The Kier molecular flexibility index (Phi) is 4.43. The summed E-state index contributed by atoms with van der Waals surface area (Å²) in [5.41, 5.74) is 0. The molecule has 1 saturated heterocycles. The molecule has 0 saturated carbocycles. The number of nitrogens with zero attached hydrogens (tertiary/aromatic N) is 5. The smallest absolute Gasteiger partial charge is 0.281 e. The third-order valence-corrected chi connectivity index (χ3v) is 5.45. The summed E-state index contributed by atoms with van der Waals surface area (Å²) in [5, 5.41) is 3.78. The Hall–Kier alpha value is -1.03. The normalized spacial score (nSPS) is 20.4. The number of hydrogen-bond acceptors (Lipinski definition) is 6. The first-order valence-corrected chi connectivity index (χ1v) is 7.94. The van der Waals surface area contributed by atoms with Crippen molar-refractivity contribution in [3.05, 3.63) is 11.7 Å². The summed E-state index contributed by atoms with van der Waals surface area (Å²) in [5.74, 6) is 1.19. The zero-order valence-electron chi connectivity index (χ0n) is 12.3. The molecule has 114 valence electrons. The van der Waals surface area contributed by atoms with Crippen LogP contribution in [0.2, 0.25) is 0 Å². The molecule has 1 aromatic rings. The molecule has 1 aliphatic rings. The molecular weight excluding hydrogens is 282 g/mol. The van der Waals surface area contributed by atoms with E-state index in [-0.39, 0.29) is 6.04 Å². The van der Waals surface area contributed by atoms with Crippen LogP contribution in [0.3, 0.4) is 0 Å². The van der Waals surface area contributed by atoms with E-state index >= 15 is 0 Å². The van der Waals surface area contributed by atoms with Crippen molar-refractivity contribution in [3.8, 4) is 0 Å². The van der Waals surface area contributed by atoms with Crippen molar-refractivity contribution in [2.75, 3.05) is 40.3 Å². The average Bonchev–Trinajstić information content (AvgIpc) is 2.84. The zero-order chi connectivity index (χ0) is 14.9. The molecule has 0 bridgehead atoms. The van der Waals surface area contributed by atoms with Crippen molar-refractivity contribution < 1.29 is 12.9 Å². The Morgan fingerprint density at radius 3 is 2.30 bits per heavy atom. The second-order valence-electron chi connectivity index (χ2n) is 5.08. The van der Waals surface area contributed by atoms with Gasteiger partial charge in [0, 0.05) is 40.3 Å². The van der Waals surface area contributed by atoms with Gasteiger partial charge in [0.05, 0.1) is 6.04 Å². The van der Waals surface area contributed by atoms with Crippen LogP contribution in [0.1, 0.15) is 24.7 Å². The molecule has 0 unspecified atom stereocenters. The van der Waals surface area contributed by atoms with E-state index < -0.39 is 10.2 Å². The van der Waals surface area contributed by atoms with E-state index in [0.29, 0.717) is 37.9 Å². The van der Waals surface area contributed by atoms with Crippen LogP contribution in [0, 0.1) is 6.92 Å². The first kappa shape index (κ1) is 15.4. The van der Waals surface area contributed by atoms with Crippen LogP contribution in [-0.2, 0) is 10.2 Å². The van der Waals surface area contributed by atoms with Gasteiger partial charge >= 0.3 is 0 Å². The van der Waals surface area contributed by atoms with Crippen LogP contribution in [0.5, 0.6) is 0 Å². The molecule has 0 aromatic carbocycles. The second kappa shape index (κ2) is 5.76. The number of aryl methyl sites for hydroxylation is 1. The minimum absolute atomic E-state index is 0.000380. The lowest BCUT2D eigenvalue weighted by atomic mass is 10.2. The summed E-state index contributed by atoms with van der Waals surface area (Å²) < 4.78 is 32.0. The Morgan fingerprint density at radius 1 is 1.25 bits per heavy atom. The molecule has 9 heteroatoms. The molecule has 2 rings (SSSR count). The van der Waals surface area contributed by atoms with E-state index in [4.69, 9.17) is 4.52 Å². The molecule has 2 heterocycles. The summed E-state index contributed by atoms with van der Waals surface area (Å²) in [4.78, 5) is 6.37. The summed E-state index contributed by atoms with van der Waals surface area (Å²) in [6.45, 7) is 6.01. The molecule has 8 nitrogen and oxygen atoms in total. The number of piperazine rings is 1. The lowest BCUT2D eigenvalue weighted by Crippen LogP contribution is -2.52. The maximum Gasteiger partial charge on any atom is 0.281 e. The minimum Gasteiger partial charge on any atom is -0.338 e. The number of aromatic nitrogens is 2. The lowest BCUT2D eigenvalue weighted by Gasteiger charge is -2.36. The fourth-order valence-corrected chi connectivity index (χ4v) is 3.28. The number of rotatable bonds is 4. The van der Waals surface area contributed by atoms with Crippen LogP contribution in [0.15, 0.2) is 4.52 Å². The summed E-state index contributed by atoms with van der Waals surface area (Å²) in [6, 6.07) is 0.000380. The maximum atomic E-state index is 12.0. The second-order valence-corrected chi connectivity index (χ2v) is 7.22. The van der Waals surface area contributed by atoms with Gasteiger partial charge in [-0.3, -0.25) is 4.90 Å². The van der Waals surface area contributed by atoms with Crippen LogP contribution in [-0.4, -0.2) is 72.3 Å². The van der Waals surface area contributed by atoms with Gasteiger partial charge in [0.15, 0.2) is 5.82 Å². The average molecular weight is 303 g/mol. The molecule has 1 aliphatic heterocycles. The molecule has 0 spiro atoms. The van der Waals surface area contributed by atoms with Gasteiger partial charge in [-0.2, -0.15) is 22.0 Å². The predicted molar refractivity (Wildman–Crippen MR) is 73.2 cm³/mol. The van der Waals surface area contributed by atoms with Gasteiger partial charge in [0.1, 0.15) is 0 Å². The topological polar surface area (TPSA) is 82.8 Å². The molecule has 1 fully saturated rings. The van der Waals surface area contributed by atoms with E-state index in [9.17, 15) is 8.42 Å². The zero-order valence-corrected chi connectivity index (χ0v) is 13.1. The van der Waals surface area contributed by atoms with Gasteiger partial charge in [-0.05, 0) is 13.8 Å². The van der Waals surface area contributed by atoms with Gasteiger partial charge in [-0.1, -0.05) is 5.16 Å². The highest BCUT2D eigenvalue weighted by Gasteiger charge is 2.31. The van der Waals surface area contributed by atoms with Crippen LogP contribution in [0.4, 0.5) is 0 Å². The van der Waals surface area contributed by atoms with Gasteiger partial charge in [-0.25, -0.2) is 0 Å². The molecule has 0 aliphatic carbocycles. The first-order chi connectivity index (χ1) is 9.32. The highest BCUT2D eigenvalue weighted by atomic mass is 32.2. The van der Waals surface area contributed by atoms with E-state index in [2.05, 4.69) is 15.0 Å². The van der Waals surface area contributed by atoms with Crippen LogP contribution < -0.4 is 0 Å². The van der Waals surface area contributed by atoms with Crippen molar-refractivity contribution in [1.29, 1.82) is 0 Å². The SMILES string of the molecule is Cc1noc([C@@H](C)N2CCN(S(=O)(=O)N(C)C)CC2)n1. The Balaban J connectivity index is 1.98.